The summed E-state index contributed by atoms with van der Waals surface area (Å²) in [5, 5.41) is 36.1. The van der Waals surface area contributed by atoms with Crippen LogP contribution in [-0.4, -0.2) is 42.6 Å². The summed E-state index contributed by atoms with van der Waals surface area (Å²) in [4.78, 5) is 2.37. The summed E-state index contributed by atoms with van der Waals surface area (Å²) in [5.74, 6) is -0.735. The smallest absolute Gasteiger partial charge is 0.0727 e. The van der Waals surface area contributed by atoms with Crippen molar-refractivity contribution < 1.29 is 10.2 Å². The van der Waals surface area contributed by atoms with Gasteiger partial charge in [0.1, 0.15) is 0 Å². The fourth-order valence-electron chi connectivity index (χ4n) is 7.17. The molecule has 2 unspecified atom stereocenters. The molecule has 2 atom stereocenters. The Balaban J connectivity index is 1.36. The van der Waals surface area contributed by atoms with E-state index in [0.717, 1.165) is 51.4 Å². The van der Waals surface area contributed by atoms with Gasteiger partial charge in [-0.25, -0.2) is 0 Å². The maximum atomic E-state index is 11.8. The molecule has 6 aromatic rings. The van der Waals surface area contributed by atoms with Gasteiger partial charge in [0.05, 0.1) is 12.2 Å². The molecule has 4 nitrogen and oxygen atoms in total. The molecule has 0 amide bonds. The Bertz CT molecular complexity index is 1920. The van der Waals surface area contributed by atoms with Gasteiger partial charge < -0.3 is 20.4 Å². The number of fused-ring (bicyclic) bond motifs is 4. The predicted octanol–water partition coefficient (Wildman–Crippen LogP) is 7.79. The van der Waals surface area contributed by atoms with Gasteiger partial charge in [-0.1, -0.05) is 60.7 Å². The van der Waals surface area contributed by atoms with E-state index in [1.54, 1.807) is 0 Å². The zero-order chi connectivity index (χ0) is 28.2. The Morgan fingerprint density at radius 3 is 1.51 bits per heavy atom. The first kappa shape index (κ1) is 25.8. The fourth-order valence-corrected chi connectivity index (χ4v) is 7.17. The average molecular weight is 541 g/mol. The van der Waals surface area contributed by atoms with Gasteiger partial charge in [-0.15, -0.1) is 0 Å². The van der Waals surface area contributed by atoms with Crippen LogP contribution in [0.3, 0.4) is 0 Å². The van der Waals surface area contributed by atoms with Crippen LogP contribution in [0, 0.1) is 0 Å². The van der Waals surface area contributed by atoms with E-state index in [-0.39, 0.29) is 11.8 Å². The Kier molecular flexibility index (Phi) is 6.33. The van der Waals surface area contributed by atoms with Crippen LogP contribution in [0.4, 0.5) is 11.4 Å². The molecule has 1 fully saturated rings. The van der Waals surface area contributed by atoms with E-state index in [4.69, 9.17) is 0 Å². The molecule has 1 saturated carbocycles. The maximum Gasteiger partial charge on any atom is 0.0727 e. The van der Waals surface area contributed by atoms with Crippen molar-refractivity contribution >= 4 is 54.5 Å². The number of rotatable bonds is 6. The molecule has 41 heavy (non-hydrogen) atoms. The van der Waals surface area contributed by atoms with Gasteiger partial charge in [0, 0.05) is 54.1 Å². The van der Waals surface area contributed by atoms with Gasteiger partial charge in [-0.2, -0.15) is 0 Å². The molecule has 0 aromatic heterocycles. The molecule has 3 N–H and O–H groups in total. The monoisotopic (exact) mass is 540 g/mol. The summed E-state index contributed by atoms with van der Waals surface area (Å²) in [6, 6.07) is 34.2. The molecule has 0 saturated heterocycles. The average Bonchev–Trinajstić information content (AvgIpc) is 3.01. The van der Waals surface area contributed by atoms with Crippen LogP contribution in [0.25, 0.3) is 43.1 Å². The van der Waals surface area contributed by atoms with Gasteiger partial charge >= 0.3 is 0 Å². The number of nitrogens with zero attached hydrogens (tertiary/aromatic N) is 1. The van der Waals surface area contributed by atoms with Crippen LogP contribution >= 0.6 is 0 Å². The Morgan fingerprint density at radius 1 is 0.585 bits per heavy atom. The van der Waals surface area contributed by atoms with Crippen LogP contribution in [-0.2, 0) is 0 Å². The third-order valence-electron chi connectivity index (χ3n) is 9.37. The third kappa shape index (κ3) is 3.97. The zero-order valence-electron chi connectivity index (χ0n) is 23.8. The highest BCUT2D eigenvalue weighted by molar-refractivity contribution is 6.07. The molecule has 206 valence electrons. The summed E-state index contributed by atoms with van der Waals surface area (Å²) >= 11 is 0. The van der Waals surface area contributed by atoms with Crippen LogP contribution < -0.4 is 10.2 Å². The van der Waals surface area contributed by atoms with Gasteiger partial charge in [0.25, 0.3) is 0 Å². The number of anilines is 2. The zero-order valence-corrected chi connectivity index (χ0v) is 23.8. The maximum absolute atomic E-state index is 11.8. The lowest BCUT2D eigenvalue weighted by Gasteiger charge is -2.48. The van der Waals surface area contributed by atoms with Gasteiger partial charge in [0.15, 0.2) is 0 Å². The molecule has 0 aliphatic heterocycles. The first-order chi connectivity index (χ1) is 20.0. The quantitative estimate of drug-likeness (QED) is 0.189. The SMILES string of the molecule is CCN(CC)c1ccc(C2C(O)C(c3ccc(NC)c4cc5ccccc5cc34)C2O)c2cc3ccccc3cc12. The Hall–Kier alpha value is -4.12. The predicted molar refractivity (Wildman–Crippen MR) is 174 cm³/mol. The van der Waals surface area contributed by atoms with Gasteiger partial charge in [-0.3, -0.25) is 0 Å². The van der Waals surface area contributed by atoms with Crippen LogP contribution in [0.1, 0.15) is 36.8 Å². The summed E-state index contributed by atoms with van der Waals surface area (Å²) in [5.41, 5.74) is 4.24. The topological polar surface area (TPSA) is 55.7 Å². The first-order valence-electron chi connectivity index (χ1n) is 14.7. The molecule has 1 aliphatic carbocycles. The highest BCUT2D eigenvalue weighted by Gasteiger charge is 2.51. The second kappa shape index (κ2) is 10.1. The molecule has 1 aliphatic rings. The molecule has 0 bridgehead atoms. The van der Waals surface area contributed by atoms with Crippen molar-refractivity contribution in [1.29, 1.82) is 0 Å². The first-order valence-corrected chi connectivity index (χ1v) is 14.7. The molecule has 0 heterocycles. The second-order valence-corrected chi connectivity index (χ2v) is 11.3. The highest BCUT2D eigenvalue weighted by atomic mass is 16.3. The van der Waals surface area contributed by atoms with Crippen molar-refractivity contribution in [2.75, 3.05) is 30.4 Å². The molecular weight excluding hydrogens is 504 g/mol. The van der Waals surface area contributed by atoms with Gasteiger partial charge in [-0.05, 0) is 93.7 Å². The molecule has 6 aromatic carbocycles. The van der Waals surface area contributed by atoms with E-state index >= 15 is 0 Å². The van der Waals surface area contributed by atoms with Crippen molar-refractivity contribution in [3.05, 3.63) is 108 Å². The van der Waals surface area contributed by atoms with Crippen LogP contribution in [0.15, 0.2) is 97.1 Å². The fraction of sp³-hybridized carbons (Fsp3) is 0.243. The minimum Gasteiger partial charge on any atom is -0.392 e. The largest absolute Gasteiger partial charge is 0.392 e. The normalized spacial score (nSPS) is 20.5. The number of benzene rings is 6. The summed E-state index contributed by atoms with van der Waals surface area (Å²) in [6.07, 6.45) is -1.40. The number of aliphatic hydroxyl groups excluding tert-OH is 2. The van der Waals surface area contributed by atoms with E-state index in [1.807, 2.05) is 7.05 Å². The second-order valence-electron chi connectivity index (χ2n) is 11.3. The lowest BCUT2D eigenvalue weighted by atomic mass is 9.62. The van der Waals surface area contributed by atoms with E-state index in [1.165, 1.54) is 27.2 Å². The molecular formula is C37H36N2O2. The van der Waals surface area contributed by atoms with Gasteiger partial charge in [0.2, 0.25) is 0 Å². The summed E-state index contributed by atoms with van der Waals surface area (Å²) in [6.45, 7) is 6.19. The molecule has 7 rings (SSSR count). The van der Waals surface area contributed by atoms with Crippen molar-refractivity contribution in [2.45, 2.75) is 37.9 Å². The van der Waals surface area contributed by atoms with E-state index in [0.29, 0.717) is 0 Å². The summed E-state index contributed by atoms with van der Waals surface area (Å²) in [7, 11) is 1.93. The van der Waals surface area contributed by atoms with E-state index in [2.05, 4.69) is 121 Å². The molecule has 4 heteroatoms. The van der Waals surface area contributed by atoms with Crippen molar-refractivity contribution in [3.8, 4) is 0 Å². The Morgan fingerprint density at radius 2 is 1.02 bits per heavy atom. The highest BCUT2D eigenvalue weighted by Crippen LogP contribution is 2.52. The number of nitrogens with one attached hydrogen (secondary N) is 1. The number of hydrogen-bond acceptors (Lipinski definition) is 4. The lowest BCUT2D eigenvalue weighted by Crippen LogP contribution is -2.51. The van der Waals surface area contributed by atoms with Crippen molar-refractivity contribution in [3.63, 3.8) is 0 Å². The summed E-state index contributed by atoms with van der Waals surface area (Å²) < 4.78 is 0. The van der Waals surface area contributed by atoms with Crippen LogP contribution in [0.2, 0.25) is 0 Å². The number of aliphatic hydroxyl groups is 2. The molecule has 0 spiro atoms. The Labute approximate surface area is 240 Å². The van der Waals surface area contributed by atoms with Crippen molar-refractivity contribution in [1.82, 2.24) is 0 Å². The van der Waals surface area contributed by atoms with Crippen LogP contribution in [0.5, 0.6) is 0 Å². The van der Waals surface area contributed by atoms with E-state index < -0.39 is 12.2 Å². The minimum absolute atomic E-state index is 0.367. The number of hydrogen-bond donors (Lipinski definition) is 3. The van der Waals surface area contributed by atoms with Crippen molar-refractivity contribution in [2.24, 2.45) is 0 Å². The molecule has 0 radical (unpaired) electrons. The third-order valence-corrected chi connectivity index (χ3v) is 9.37. The minimum atomic E-state index is -0.700. The van der Waals surface area contributed by atoms with E-state index in [9.17, 15) is 10.2 Å². The standard InChI is InChI=1S/C37H36N2O2/c1-4-39(5-2)33-17-15-27(29-19-23-11-7-9-13-25(23)21-31(29)33)35-36(40)34(37(35)41)26-14-16-32(38-3)30-20-24-12-8-6-10-22(24)18-28(26)30/h6-21,34-38,40-41H,4-5H2,1-3H3. The lowest BCUT2D eigenvalue weighted by molar-refractivity contribution is -0.0775.